The van der Waals surface area contributed by atoms with Crippen molar-refractivity contribution in [3.05, 3.63) is 0 Å². The maximum absolute atomic E-state index is 11.6. The van der Waals surface area contributed by atoms with Crippen LogP contribution >= 0.6 is 0 Å². The average molecular weight is 228 g/mol. The van der Waals surface area contributed by atoms with E-state index in [0.29, 0.717) is 31.7 Å². The molecular weight excluding hydrogens is 208 g/mol. The summed E-state index contributed by atoms with van der Waals surface area (Å²) in [6, 6.07) is 0. The van der Waals surface area contributed by atoms with Gasteiger partial charge in [-0.2, -0.15) is 0 Å². The summed E-state index contributed by atoms with van der Waals surface area (Å²) < 4.78 is 16.0. The molecule has 0 aromatic rings. The van der Waals surface area contributed by atoms with Gasteiger partial charge in [-0.3, -0.25) is 0 Å². The van der Waals surface area contributed by atoms with Gasteiger partial charge in [-0.25, -0.2) is 4.79 Å². The number of carbonyl (C=O) groups excluding carboxylic acids is 1. The van der Waals surface area contributed by atoms with E-state index in [0.717, 1.165) is 6.42 Å². The van der Waals surface area contributed by atoms with Crippen LogP contribution in [0.3, 0.4) is 0 Å². The van der Waals surface area contributed by atoms with E-state index in [1.165, 1.54) is 0 Å². The van der Waals surface area contributed by atoms with Crippen molar-refractivity contribution in [1.82, 2.24) is 0 Å². The Morgan fingerprint density at radius 1 is 1.56 bits per heavy atom. The number of rotatable bonds is 4. The van der Waals surface area contributed by atoms with E-state index in [1.54, 1.807) is 0 Å². The van der Waals surface area contributed by atoms with Crippen molar-refractivity contribution in [1.29, 1.82) is 0 Å². The third-order valence-corrected chi connectivity index (χ3v) is 3.32. The second-order valence-electron chi connectivity index (χ2n) is 5.05. The van der Waals surface area contributed by atoms with Crippen molar-refractivity contribution < 1.29 is 19.0 Å². The zero-order chi connectivity index (χ0) is 11.8. The Labute approximate surface area is 96.2 Å². The highest BCUT2D eigenvalue weighted by Crippen LogP contribution is 2.49. The molecule has 0 radical (unpaired) electrons. The lowest BCUT2D eigenvalue weighted by Crippen LogP contribution is -2.30. The molecular formula is C12H20O4. The van der Waals surface area contributed by atoms with E-state index in [4.69, 9.17) is 14.2 Å². The average Bonchev–Trinajstić information content (AvgIpc) is 2.80. The highest BCUT2D eigenvalue weighted by molar-refractivity contribution is 5.79. The molecule has 2 fully saturated rings. The maximum Gasteiger partial charge on any atom is 0.338 e. The molecule has 2 heterocycles. The molecule has 2 aliphatic rings. The van der Waals surface area contributed by atoms with Gasteiger partial charge in [0, 0.05) is 5.92 Å². The predicted molar refractivity (Wildman–Crippen MR) is 58.0 cm³/mol. The largest absolute Gasteiger partial charge is 0.464 e. The van der Waals surface area contributed by atoms with Crippen LogP contribution in [0, 0.1) is 11.8 Å². The minimum Gasteiger partial charge on any atom is -0.464 e. The van der Waals surface area contributed by atoms with E-state index in [2.05, 4.69) is 13.8 Å². The van der Waals surface area contributed by atoms with Crippen LogP contribution in [0.4, 0.5) is 0 Å². The van der Waals surface area contributed by atoms with Crippen LogP contribution in [0.25, 0.3) is 0 Å². The summed E-state index contributed by atoms with van der Waals surface area (Å²) in [5.41, 5.74) is -0.365. The topological polar surface area (TPSA) is 48.1 Å². The number of hydrogen-bond donors (Lipinski definition) is 0. The smallest absolute Gasteiger partial charge is 0.338 e. The molecule has 0 amide bonds. The number of hydrogen-bond acceptors (Lipinski definition) is 4. The van der Waals surface area contributed by atoms with Crippen LogP contribution in [0.1, 0.15) is 27.2 Å². The quantitative estimate of drug-likeness (QED) is 0.539. The van der Waals surface area contributed by atoms with Gasteiger partial charge in [-0.05, 0) is 19.3 Å². The van der Waals surface area contributed by atoms with Crippen LogP contribution in [0.2, 0.25) is 0 Å². The second-order valence-corrected chi connectivity index (χ2v) is 5.05. The number of esters is 1. The van der Waals surface area contributed by atoms with Gasteiger partial charge in [0.05, 0.1) is 19.8 Å². The van der Waals surface area contributed by atoms with Crippen molar-refractivity contribution in [2.75, 3.05) is 19.8 Å². The third kappa shape index (κ3) is 1.96. The molecule has 2 aliphatic heterocycles. The van der Waals surface area contributed by atoms with Gasteiger partial charge in [-0.1, -0.05) is 13.8 Å². The minimum atomic E-state index is -0.390. The lowest BCUT2D eigenvalue weighted by atomic mass is 9.85. The third-order valence-electron chi connectivity index (χ3n) is 3.32. The molecule has 0 aromatic carbocycles. The first kappa shape index (κ1) is 11.9. The van der Waals surface area contributed by atoms with Gasteiger partial charge in [0.25, 0.3) is 0 Å². The fourth-order valence-corrected chi connectivity index (χ4v) is 2.53. The molecule has 0 bridgehead atoms. The summed E-state index contributed by atoms with van der Waals surface area (Å²) in [6.07, 6.45) is 0.648. The molecule has 0 aliphatic carbocycles. The molecule has 4 nitrogen and oxygen atoms in total. The van der Waals surface area contributed by atoms with Gasteiger partial charge in [0.1, 0.15) is 5.60 Å². The Kier molecular flexibility index (Phi) is 3.22. The molecule has 2 saturated heterocycles. The van der Waals surface area contributed by atoms with Crippen LogP contribution in [0.15, 0.2) is 0 Å². The van der Waals surface area contributed by atoms with Crippen LogP contribution in [-0.2, 0) is 19.0 Å². The van der Waals surface area contributed by atoms with E-state index >= 15 is 0 Å². The Bertz CT molecular complexity index is 276. The monoisotopic (exact) mass is 228 g/mol. The number of epoxide rings is 1. The van der Waals surface area contributed by atoms with E-state index in [-0.39, 0.29) is 11.6 Å². The molecule has 92 valence electrons. The van der Waals surface area contributed by atoms with E-state index < -0.39 is 6.10 Å². The van der Waals surface area contributed by atoms with Gasteiger partial charge < -0.3 is 14.2 Å². The molecule has 0 saturated carbocycles. The van der Waals surface area contributed by atoms with Gasteiger partial charge >= 0.3 is 5.97 Å². The molecule has 0 N–H and O–H groups in total. The van der Waals surface area contributed by atoms with Crippen molar-refractivity contribution in [2.45, 2.75) is 38.9 Å². The molecule has 2 rings (SSSR count). The van der Waals surface area contributed by atoms with Crippen molar-refractivity contribution in [3.8, 4) is 0 Å². The predicted octanol–water partition coefficient (Wildman–Crippen LogP) is 1.38. The summed E-state index contributed by atoms with van der Waals surface area (Å²) in [6.45, 7) is 7.80. The fourth-order valence-electron chi connectivity index (χ4n) is 2.53. The van der Waals surface area contributed by atoms with E-state index in [1.807, 2.05) is 6.92 Å². The lowest BCUT2D eigenvalue weighted by molar-refractivity contribution is -0.144. The summed E-state index contributed by atoms with van der Waals surface area (Å²) in [7, 11) is 0. The lowest BCUT2D eigenvalue weighted by Gasteiger charge is -2.15. The number of ether oxygens (including phenoxy) is 3. The van der Waals surface area contributed by atoms with Gasteiger partial charge in [0.15, 0.2) is 6.10 Å². The van der Waals surface area contributed by atoms with Gasteiger partial charge in [0.2, 0.25) is 0 Å². The van der Waals surface area contributed by atoms with Crippen molar-refractivity contribution >= 4 is 5.97 Å². The zero-order valence-corrected chi connectivity index (χ0v) is 10.2. The molecule has 3 atom stereocenters. The van der Waals surface area contributed by atoms with Crippen molar-refractivity contribution in [2.24, 2.45) is 11.8 Å². The highest BCUT2D eigenvalue weighted by atomic mass is 16.7. The first-order valence-corrected chi connectivity index (χ1v) is 6.02. The summed E-state index contributed by atoms with van der Waals surface area (Å²) >= 11 is 0. The van der Waals surface area contributed by atoms with Gasteiger partial charge in [-0.15, -0.1) is 0 Å². The summed E-state index contributed by atoms with van der Waals surface area (Å²) in [4.78, 5) is 11.6. The second kappa shape index (κ2) is 4.34. The van der Waals surface area contributed by atoms with Crippen molar-refractivity contribution in [3.63, 3.8) is 0 Å². The Morgan fingerprint density at radius 2 is 2.31 bits per heavy atom. The first-order valence-electron chi connectivity index (χ1n) is 6.02. The molecule has 1 spiro atoms. The molecule has 3 unspecified atom stereocenters. The standard InChI is InChI=1S/C12H20O4/c1-4-15-11(13)10-12(16-10)7-14-6-9(12)5-8(2)3/h8-10H,4-7H2,1-3H3. The van der Waals surface area contributed by atoms with Crippen LogP contribution in [0.5, 0.6) is 0 Å². The molecule has 0 aromatic heterocycles. The Morgan fingerprint density at radius 3 is 2.94 bits per heavy atom. The Hall–Kier alpha value is -0.610. The SMILES string of the molecule is CCOC(=O)C1OC12COCC2CC(C)C. The maximum atomic E-state index is 11.6. The van der Waals surface area contributed by atoms with E-state index in [9.17, 15) is 4.79 Å². The molecule has 4 heteroatoms. The van der Waals surface area contributed by atoms with Crippen LogP contribution in [-0.4, -0.2) is 37.5 Å². The summed E-state index contributed by atoms with van der Waals surface area (Å²) in [5, 5.41) is 0. The number of carbonyl (C=O) groups is 1. The molecule has 16 heavy (non-hydrogen) atoms. The first-order chi connectivity index (χ1) is 7.60. The highest BCUT2D eigenvalue weighted by Gasteiger charge is 2.68. The zero-order valence-electron chi connectivity index (χ0n) is 10.2. The minimum absolute atomic E-state index is 0.234. The van der Waals surface area contributed by atoms with Crippen LogP contribution < -0.4 is 0 Å². The summed E-state index contributed by atoms with van der Waals surface area (Å²) in [5.74, 6) is 0.694. The fraction of sp³-hybridized carbons (Fsp3) is 0.917. The normalized spacial score (nSPS) is 37.0. The Balaban J connectivity index is 1.96.